The van der Waals surface area contributed by atoms with Crippen LogP contribution in [-0.2, 0) is 25.8 Å². The summed E-state index contributed by atoms with van der Waals surface area (Å²) in [5.74, 6) is 0.632. The molecule has 1 fully saturated rings. The van der Waals surface area contributed by atoms with E-state index in [1.807, 2.05) is 0 Å². The molecule has 3 N–H and O–H groups in total. The maximum atomic E-state index is 12.9. The number of sulfonamides is 2. The first kappa shape index (κ1) is 21.3. The molecule has 0 atom stereocenters. The molecule has 3 rings (SSSR count). The highest BCUT2D eigenvalue weighted by atomic mass is 32.2. The van der Waals surface area contributed by atoms with Crippen molar-refractivity contribution in [3.8, 4) is 0 Å². The molecule has 1 aromatic carbocycles. The summed E-state index contributed by atoms with van der Waals surface area (Å²) in [5.41, 5.74) is 0.914. The Balaban J connectivity index is 1.76. The zero-order chi connectivity index (χ0) is 20.4. The van der Waals surface area contributed by atoms with Crippen molar-refractivity contribution in [3.05, 3.63) is 46.2 Å². The molecule has 152 valence electrons. The van der Waals surface area contributed by atoms with Crippen molar-refractivity contribution in [3.63, 3.8) is 0 Å². The van der Waals surface area contributed by atoms with Crippen molar-refractivity contribution in [2.75, 3.05) is 29.9 Å². The van der Waals surface area contributed by atoms with E-state index in [9.17, 15) is 21.6 Å². The van der Waals surface area contributed by atoms with Crippen LogP contribution in [0.3, 0.4) is 0 Å². The molecule has 2 aromatic rings. The van der Waals surface area contributed by atoms with E-state index in [0.717, 1.165) is 22.8 Å². The van der Waals surface area contributed by atoms with E-state index in [0.29, 0.717) is 24.3 Å². The predicted octanol–water partition coefficient (Wildman–Crippen LogP) is 1.53. The molecule has 0 bridgehead atoms. The molecule has 0 aliphatic carbocycles. The number of thioether (sulfide) groups is 1. The SMILES string of the molecule is NS(=O)(=O)Cc1ccc(NC(=O)c2sccc2S(=O)(=O)N2CCSCC2)cc1. The maximum Gasteiger partial charge on any atom is 0.267 e. The third-order valence-electron chi connectivity index (χ3n) is 4.00. The molecular weight excluding hydrogens is 442 g/mol. The van der Waals surface area contributed by atoms with Crippen LogP contribution in [0.5, 0.6) is 0 Å². The maximum absolute atomic E-state index is 12.9. The fourth-order valence-corrected chi connectivity index (χ4v) is 7.23. The van der Waals surface area contributed by atoms with Gasteiger partial charge in [0.15, 0.2) is 0 Å². The van der Waals surface area contributed by atoms with Gasteiger partial charge in [0.2, 0.25) is 20.0 Å². The summed E-state index contributed by atoms with van der Waals surface area (Å²) in [6.45, 7) is 0.852. The van der Waals surface area contributed by atoms with E-state index >= 15 is 0 Å². The third-order valence-corrected chi connectivity index (χ3v) is 8.66. The number of hydrogen-bond donors (Lipinski definition) is 2. The van der Waals surface area contributed by atoms with Gasteiger partial charge in [-0.25, -0.2) is 22.0 Å². The number of thiophene rings is 1. The van der Waals surface area contributed by atoms with Crippen LogP contribution in [0.4, 0.5) is 5.69 Å². The van der Waals surface area contributed by atoms with Crippen LogP contribution in [0.2, 0.25) is 0 Å². The Morgan fingerprint density at radius 1 is 1.07 bits per heavy atom. The van der Waals surface area contributed by atoms with Gasteiger partial charge in [-0.15, -0.1) is 11.3 Å². The Morgan fingerprint density at radius 2 is 1.71 bits per heavy atom. The van der Waals surface area contributed by atoms with E-state index in [1.54, 1.807) is 29.3 Å². The topological polar surface area (TPSA) is 127 Å². The molecule has 2 heterocycles. The Morgan fingerprint density at radius 3 is 2.32 bits per heavy atom. The number of carbonyl (C=O) groups is 1. The second-order valence-electron chi connectivity index (χ2n) is 6.09. The molecule has 0 saturated carbocycles. The molecule has 0 spiro atoms. The molecule has 12 heteroatoms. The van der Waals surface area contributed by atoms with Gasteiger partial charge in [0.25, 0.3) is 5.91 Å². The second kappa shape index (κ2) is 8.51. The van der Waals surface area contributed by atoms with Crippen LogP contribution in [-0.4, -0.2) is 51.6 Å². The molecule has 8 nitrogen and oxygen atoms in total. The van der Waals surface area contributed by atoms with E-state index in [1.165, 1.54) is 22.5 Å². The Kier molecular flexibility index (Phi) is 6.47. The van der Waals surface area contributed by atoms with Crippen molar-refractivity contribution in [1.82, 2.24) is 4.31 Å². The average molecular weight is 462 g/mol. The third kappa shape index (κ3) is 5.13. The van der Waals surface area contributed by atoms with Crippen LogP contribution < -0.4 is 10.5 Å². The summed E-state index contributed by atoms with van der Waals surface area (Å²) in [4.78, 5) is 12.8. The number of primary sulfonamides is 1. The minimum Gasteiger partial charge on any atom is -0.321 e. The number of benzene rings is 1. The lowest BCUT2D eigenvalue weighted by Crippen LogP contribution is -2.38. The summed E-state index contributed by atoms with van der Waals surface area (Å²) < 4.78 is 49.4. The normalized spacial score (nSPS) is 16.0. The number of carbonyl (C=O) groups excluding carboxylic acids is 1. The largest absolute Gasteiger partial charge is 0.321 e. The van der Waals surface area contributed by atoms with E-state index in [2.05, 4.69) is 5.32 Å². The molecule has 0 unspecified atom stereocenters. The minimum atomic E-state index is -3.72. The summed E-state index contributed by atoms with van der Waals surface area (Å²) in [7, 11) is -7.36. The van der Waals surface area contributed by atoms with E-state index in [4.69, 9.17) is 5.14 Å². The number of anilines is 1. The Hall–Kier alpha value is -1.44. The molecule has 1 aliphatic heterocycles. The first-order valence-electron chi connectivity index (χ1n) is 8.23. The average Bonchev–Trinajstić information content (AvgIpc) is 3.14. The molecule has 1 saturated heterocycles. The fraction of sp³-hybridized carbons (Fsp3) is 0.312. The van der Waals surface area contributed by atoms with Crippen LogP contribution >= 0.6 is 23.1 Å². The van der Waals surface area contributed by atoms with Gasteiger partial charge in [-0.3, -0.25) is 4.79 Å². The first-order chi connectivity index (χ1) is 13.2. The lowest BCUT2D eigenvalue weighted by molar-refractivity contribution is 0.102. The molecule has 1 aromatic heterocycles. The lowest BCUT2D eigenvalue weighted by atomic mass is 10.2. The van der Waals surface area contributed by atoms with Crippen LogP contribution in [0.15, 0.2) is 40.6 Å². The molecule has 1 aliphatic rings. The number of amides is 1. The van der Waals surface area contributed by atoms with Gasteiger partial charge in [-0.2, -0.15) is 16.1 Å². The fourth-order valence-electron chi connectivity index (χ4n) is 2.70. The Bertz CT molecular complexity index is 1060. The van der Waals surface area contributed by atoms with Gasteiger partial charge in [-0.1, -0.05) is 12.1 Å². The highest BCUT2D eigenvalue weighted by Crippen LogP contribution is 2.28. The Labute approximate surface area is 172 Å². The number of nitrogens with one attached hydrogen (secondary N) is 1. The van der Waals surface area contributed by atoms with Crippen molar-refractivity contribution in [1.29, 1.82) is 0 Å². The van der Waals surface area contributed by atoms with Crippen LogP contribution in [0.1, 0.15) is 15.2 Å². The highest BCUT2D eigenvalue weighted by Gasteiger charge is 2.31. The quantitative estimate of drug-likeness (QED) is 0.672. The van der Waals surface area contributed by atoms with Gasteiger partial charge in [-0.05, 0) is 29.1 Å². The highest BCUT2D eigenvalue weighted by molar-refractivity contribution is 7.99. The van der Waals surface area contributed by atoms with Gasteiger partial charge < -0.3 is 5.32 Å². The summed E-state index contributed by atoms with van der Waals surface area (Å²) >= 11 is 2.76. The predicted molar refractivity (Wildman–Crippen MR) is 112 cm³/mol. The number of nitrogens with zero attached hydrogens (tertiary/aromatic N) is 1. The number of hydrogen-bond acceptors (Lipinski definition) is 7. The molecule has 0 radical (unpaired) electrons. The molecular formula is C16H19N3O5S4. The molecule has 1 amide bonds. The molecule has 28 heavy (non-hydrogen) atoms. The minimum absolute atomic E-state index is 0.00717. The van der Waals surface area contributed by atoms with Gasteiger partial charge >= 0.3 is 0 Å². The van der Waals surface area contributed by atoms with Crippen LogP contribution in [0.25, 0.3) is 0 Å². The van der Waals surface area contributed by atoms with Gasteiger partial charge in [0.05, 0.1) is 5.75 Å². The van der Waals surface area contributed by atoms with E-state index < -0.39 is 26.0 Å². The zero-order valence-electron chi connectivity index (χ0n) is 14.7. The second-order valence-corrected chi connectivity index (χ2v) is 11.8. The van der Waals surface area contributed by atoms with Crippen molar-refractivity contribution < 1.29 is 21.6 Å². The monoisotopic (exact) mass is 461 g/mol. The first-order valence-corrected chi connectivity index (χ1v) is 13.4. The van der Waals surface area contributed by atoms with Crippen molar-refractivity contribution >= 4 is 54.7 Å². The lowest BCUT2D eigenvalue weighted by Gasteiger charge is -2.25. The van der Waals surface area contributed by atoms with Gasteiger partial charge in [0, 0.05) is 30.3 Å². The number of nitrogens with two attached hydrogens (primary N) is 1. The zero-order valence-corrected chi connectivity index (χ0v) is 18.0. The van der Waals surface area contributed by atoms with Crippen LogP contribution in [0, 0.1) is 0 Å². The summed E-state index contributed by atoms with van der Waals surface area (Å²) in [6.07, 6.45) is 0. The standard InChI is InChI=1S/C16H19N3O5S4/c17-27(21,22)11-12-1-3-13(4-2-12)18-16(20)15-14(5-8-26-15)28(23,24)19-6-9-25-10-7-19/h1-5,8H,6-7,9-11H2,(H,18,20)(H2,17,21,22). The van der Waals surface area contributed by atoms with E-state index in [-0.39, 0.29) is 15.5 Å². The number of rotatable bonds is 6. The smallest absolute Gasteiger partial charge is 0.267 e. The summed E-state index contributed by atoms with van der Waals surface area (Å²) in [6, 6.07) is 7.62. The summed E-state index contributed by atoms with van der Waals surface area (Å²) in [5, 5.41) is 9.24. The van der Waals surface area contributed by atoms with Crippen molar-refractivity contribution in [2.45, 2.75) is 10.6 Å². The van der Waals surface area contributed by atoms with Gasteiger partial charge in [0.1, 0.15) is 9.77 Å². The van der Waals surface area contributed by atoms with Crippen molar-refractivity contribution in [2.24, 2.45) is 5.14 Å².